The van der Waals surface area contributed by atoms with E-state index in [9.17, 15) is 24.9 Å². The van der Waals surface area contributed by atoms with Crippen LogP contribution in [-0.2, 0) is 9.59 Å². The van der Waals surface area contributed by atoms with Crippen LogP contribution >= 0.6 is 0 Å². The molecule has 0 spiro atoms. The molecule has 5 aliphatic rings. The minimum absolute atomic E-state index is 0.0697. The first-order valence-electron chi connectivity index (χ1n) is 19.9. The highest BCUT2D eigenvalue weighted by molar-refractivity contribution is 5.92. The Hall–Kier alpha value is -4.91. The number of pyridine rings is 1. The number of carbonyl (C=O) groups excluding carboxylic acids is 2. The zero-order chi connectivity index (χ0) is 39.1. The number of nitrogens with zero attached hydrogens (tertiary/aromatic N) is 7. The molecule has 1 saturated heterocycles. The van der Waals surface area contributed by atoms with Crippen molar-refractivity contribution in [3.63, 3.8) is 0 Å². The third-order valence-corrected chi connectivity index (χ3v) is 13.9. The number of allylic oxidation sites excluding steroid dienone is 1. The van der Waals surface area contributed by atoms with Crippen molar-refractivity contribution in [2.45, 2.75) is 70.5 Å². The van der Waals surface area contributed by atoms with Crippen LogP contribution in [0.15, 0.2) is 91.0 Å². The number of ketones is 2. The van der Waals surface area contributed by atoms with Gasteiger partial charge in [0.15, 0.2) is 17.4 Å². The Morgan fingerprint density at radius 3 is 2.29 bits per heavy atom. The van der Waals surface area contributed by atoms with Gasteiger partial charge in [-0.2, -0.15) is 0 Å². The van der Waals surface area contributed by atoms with Crippen LogP contribution in [-0.4, -0.2) is 96.5 Å². The number of piperazine rings is 1. The van der Waals surface area contributed by atoms with Gasteiger partial charge in [-0.3, -0.25) is 14.6 Å². The van der Waals surface area contributed by atoms with Crippen LogP contribution in [0, 0.1) is 28.6 Å². The number of rotatable bonds is 6. The first kappa shape index (κ1) is 38.0. The predicted octanol–water partition coefficient (Wildman–Crippen LogP) is 5.10. The molecule has 292 valence electrons. The van der Waals surface area contributed by atoms with Crippen molar-refractivity contribution in [1.82, 2.24) is 25.1 Å². The average molecular weight is 758 g/mol. The van der Waals surface area contributed by atoms with Crippen LogP contribution in [0.25, 0.3) is 22.4 Å². The Kier molecular flexibility index (Phi) is 10.3. The molecule has 12 nitrogen and oxygen atoms in total. The second-order valence-corrected chi connectivity index (χ2v) is 16.6. The number of hydrogen-bond acceptors (Lipinski definition) is 12. The molecule has 4 heterocycles. The van der Waals surface area contributed by atoms with Gasteiger partial charge in [0.2, 0.25) is 5.95 Å². The lowest BCUT2D eigenvalue weighted by atomic mass is 9.45. The minimum atomic E-state index is -1.54. The monoisotopic (exact) mass is 757 g/mol. The number of aromatic nitrogens is 5. The summed E-state index contributed by atoms with van der Waals surface area (Å²) in [7, 11) is 0. The highest BCUT2D eigenvalue weighted by atomic mass is 16.3. The summed E-state index contributed by atoms with van der Waals surface area (Å²) in [5, 5.41) is 40.9. The summed E-state index contributed by atoms with van der Waals surface area (Å²) in [5.41, 5.74) is 2.83. The summed E-state index contributed by atoms with van der Waals surface area (Å²) >= 11 is 0. The number of carbonyl (C=O) groups is 2. The van der Waals surface area contributed by atoms with Crippen molar-refractivity contribution in [1.29, 1.82) is 0 Å². The lowest BCUT2D eigenvalue weighted by Crippen LogP contribution is -2.62. The Balaban J connectivity index is 0.000000159. The maximum atomic E-state index is 12.4. The number of aliphatic hydroxyl groups excluding tert-OH is 2. The van der Waals surface area contributed by atoms with Crippen molar-refractivity contribution in [3.05, 3.63) is 91.0 Å². The summed E-state index contributed by atoms with van der Waals surface area (Å²) in [4.78, 5) is 41.7. The molecule has 3 saturated carbocycles. The molecular formula is C44H51N7O5. The summed E-state index contributed by atoms with van der Waals surface area (Å²) in [6, 6.07) is 18.1. The third-order valence-electron chi connectivity index (χ3n) is 13.9. The maximum absolute atomic E-state index is 12.4. The molecule has 3 aromatic heterocycles. The van der Waals surface area contributed by atoms with Crippen LogP contribution < -0.4 is 9.80 Å². The second kappa shape index (κ2) is 15.2. The van der Waals surface area contributed by atoms with Gasteiger partial charge >= 0.3 is 0 Å². The lowest BCUT2D eigenvalue weighted by Gasteiger charge is -2.60. The van der Waals surface area contributed by atoms with Crippen molar-refractivity contribution < 1.29 is 24.9 Å². The highest BCUT2D eigenvalue weighted by Gasteiger charge is 2.68. The molecule has 0 amide bonds. The molecule has 4 aliphatic carbocycles. The lowest BCUT2D eigenvalue weighted by molar-refractivity contribution is -0.182. The molecule has 4 aromatic rings. The SMILES string of the molecule is C[C@]12CCC(=O)C=C1CC[C@@H]1[C@@H]2[C@@H](O)C[C@@]2(C)[C@H]1CC[C@]2(O)C(=O)CO.c1ccc(-c2cc(-c3ccncc3)c(N3CCN(c4ncccn4)CC3)nn2)cc1. The molecule has 1 aromatic carbocycles. The number of fused-ring (bicyclic) bond motifs is 5. The van der Waals surface area contributed by atoms with Crippen LogP contribution in [0.1, 0.15) is 58.8 Å². The van der Waals surface area contributed by atoms with Crippen molar-refractivity contribution in [2.24, 2.45) is 28.6 Å². The smallest absolute Gasteiger partial charge is 0.225 e. The zero-order valence-corrected chi connectivity index (χ0v) is 32.2. The predicted molar refractivity (Wildman–Crippen MR) is 212 cm³/mol. The first-order valence-corrected chi connectivity index (χ1v) is 19.9. The number of hydrogen-bond donors (Lipinski definition) is 3. The standard InChI is InChI=1S/C23H21N7.C21H30O5/c1-2-5-19(6-3-1)21-17-20(18-7-11-24-12-8-18)22(28-27-21)29-13-15-30(16-14-29)23-25-9-4-10-26-23;1-19-7-5-13(23)9-12(19)3-4-14-15-6-8-21(26,17(25)11-22)20(15,2)10-16(24)18(14)19/h1-12,17H,13-16H2;9,14-16,18,22,24,26H,3-8,10-11H2,1-2H3/t;14-,15-,16-,18+,19-,20-,21-/m.0/s1. The summed E-state index contributed by atoms with van der Waals surface area (Å²) in [6.07, 6.45) is 12.9. The quantitative estimate of drug-likeness (QED) is 0.239. The van der Waals surface area contributed by atoms with Crippen LogP contribution in [0.5, 0.6) is 0 Å². The molecule has 0 bridgehead atoms. The van der Waals surface area contributed by atoms with E-state index >= 15 is 0 Å². The second-order valence-electron chi connectivity index (χ2n) is 16.6. The molecule has 7 atom stereocenters. The molecule has 0 radical (unpaired) electrons. The van der Waals surface area contributed by atoms with E-state index in [1.54, 1.807) is 18.5 Å². The molecule has 9 rings (SSSR count). The zero-order valence-electron chi connectivity index (χ0n) is 32.2. The van der Waals surface area contributed by atoms with E-state index in [1.165, 1.54) is 5.57 Å². The Morgan fingerprint density at radius 1 is 0.857 bits per heavy atom. The number of benzene rings is 1. The molecule has 3 N–H and O–H groups in total. The van der Waals surface area contributed by atoms with Gasteiger partial charge in [0.05, 0.1) is 11.8 Å². The van der Waals surface area contributed by atoms with Crippen LogP contribution in [0.3, 0.4) is 0 Å². The highest BCUT2D eigenvalue weighted by Crippen LogP contribution is 2.67. The van der Waals surface area contributed by atoms with Gasteiger partial charge in [-0.25, -0.2) is 9.97 Å². The van der Waals surface area contributed by atoms with Crippen molar-refractivity contribution >= 4 is 23.3 Å². The summed E-state index contributed by atoms with van der Waals surface area (Å²) in [5.74, 6) is 1.81. The van der Waals surface area contributed by atoms with E-state index in [4.69, 9.17) is 0 Å². The Labute approximate surface area is 327 Å². The molecule has 56 heavy (non-hydrogen) atoms. The van der Waals surface area contributed by atoms with Gasteiger partial charge in [0, 0.05) is 73.9 Å². The fourth-order valence-electron chi connectivity index (χ4n) is 11.0. The van der Waals surface area contributed by atoms with Gasteiger partial charge in [-0.1, -0.05) is 49.8 Å². The third kappa shape index (κ3) is 6.61. The Bertz CT molecular complexity index is 2080. The minimum Gasteiger partial charge on any atom is -0.393 e. The fourth-order valence-corrected chi connectivity index (χ4v) is 11.0. The average Bonchev–Trinajstić information content (AvgIpc) is 3.51. The largest absolute Gasteiger partial charge is 0.393 e. The Morgan fingerprint density at radius 2 is 1.57 bits per heavy atom. The van der Waals surface area contributed by atoms with E-state index in [0.29, 0.717) is 19.3 Å². The number of aliphatic hydroxyl groups is 3. The van der Waals surface area contributed by atoms with Gasteiger partial charge in [-0.05, 0) is 97.6 Å². The van der Waals surface area contributed by atoms with Gasteiger partial charge in [-0.15, -0.1) is 10.2 Å². The molecule has 12 heteroatoms. The molecule has 1 aliphatic heterocycles. The topological polar surface area (TPSA) is 166 Å². The van der Waals surface area contributed by atoms with Crippen LogP contribution in [0.2, 0.25) is 0 Å². The summed E-state index contributed by atoms with van der Waals surface area (Å²) < 4.78 is 0. The maximum Gasteiger partial charge on any atom is 0.225 e. The number of Topliss-reactive ketones (excluding diaryl/α,β-unsaturated/α-hetero) is 1. The van der Waals surface area contributed by atoms with E-state index < -0.39 is 29.5 Å². The van der Waals surface area contributed by atoms with E-state index in [1.807, 2.05) is 55.7 Å². The van der Waals surface area contributed by atoms with E-state index in [-0.39, 0.29) is 29.0 Å². The molecule has 0 unspecified atom stereocenters. The van der Waals surface area contributed by atoms with Crippen LogP contribution in [0.4, 0.5) is 11.8 Å². The van der Waals surface area contributed by atoms with E-state index in [2.05, 4.69) is 60.1 Å². The van der Waals surface area contributed by atoms with Gasteiger partial charge in [0.25, 0.3) is 0 Å². The van der Waals surface area contributed by atoms with Crippen molar-refractivity contribution in [2.75, 3.05) is 42.6 Å². The van der Waals surface area contributed by atoms with E-state index in [0.717, 1.165) is 86.0 Å². The van der Waals surface area contributed by atoms with Gasteiger partial charge in [0.1, 0.15) is 12.2 Å². The van der Waals surface area contributed by atoms with Crippen molar-refractivity contribution in [3.8, 4) is 22.4 Å². The molecular weight excluding hydrogens is 707 g/mol. The summed E-state index contributed by atoms with van der Waals surface area (Å²) in [6.45, 7) is 6.79. The normalized spacial score (nSPS) is 30.9. The fraction of sp³-hybridized carbons (Fsp3) is 0.477. The van der Waals surface area contributed by atoms with Gasteiger partial charge < -0.3 is 25.1 Å². The number of anilines is 2. The molecule has 4 fully saturated rings. The first-order chi connectivity index (χ1) is 27.1.